The van der Waals surface area contributed by atoms with Crippen LogP contribution in [0.5, 0.6) is 5.75 Å². The van der Waals surface area contributed by atoms with E-state index in [9.17, 15) is 8.78 Å². The minimum Gasteiger partial charge on any atom is -0.494 e. The largest absolute Gasteiger partial charge is 0.494 e. The van der Waals surface area contributed by atoms with Gasteiger partial charge in [-0.25, -0.2) is 8.78 Å². The molecule has 88 valence electrons. The van der Waals surface area contributed by atoms with E-state index < -0.39 is 13.5 Å². The minimum absolute atomic E-state index is 0.0721. The highest BCUT2D eigenvalue weighted by atomic mass is 28.3. The molecule has 0 heterocycles. The van der Waals surface area contributed by atoms with Crippen LogP contribution in [0.15, 0.2) is 36.0 Å². The number of benzene rings is 1. The first-order valence-corrected chi connectivity index (χ1v) is 8.22. The van der Waals surface area contributed by atoms with E-state index in [1.165, 1.54) is 0 Å². The van der Waals surface area contributed by atoms with E-state index in [2.05, 4.69) is 0 Å². The predicted octanol–water partition coefficient (Wildman–Crippen LogP) is 3.32. The fourth-order valence-electron chi connectivity index (χ4n) is 1.41. The van der Waals surface area contributed by atoms with Crippen molar-refractivity contribution in [1.82, 2.24) is 0 Å². The Morgan fingerprint density at radius 1 is 1.31 bits per heavy atom. The van der Waals surface area contributed by atoms with Gasteiger partial charge in [-0.3, -0.25) is 0 Å². The fraction of sp³-hybridized carbons (Fsp3) is 0.333. The first-order chi connectivity index (χ1) is 7.52. The van der Waals surface area contributed by atoms with E-state index in [0.29, 0.717) is 6.61 Å². The summed E-state index contributed by atoms with van der Waals surface area (Å²) in [5.41, 5.74) is -0.642. The van der Waals surface area contributed by atoms with Crippen molar-refractivity contribution >= 4 is 13.3 Å². The normalized spacial score (nSPS) is 12.7. The molecule has 0 aliphatic heterocycles. The Hall–Kier alpha value is -1.16. The summed E-state index contributed by atoms with van der Waals surface area (Å²) in [6.07, 6.45) is 0.0721. The van der Waals surface area contributed by atoms with Gasteiger partial charge in [0.1, 0.15) is 17.5 Å². The number of halogens is 2. The maximum Gasteiger partial charge on any atom is 0.151 e. The SMILES string of the molecule is CCOc1ccc([Si](C)(C)C(F)=CF)cc1. The smallest absolute Gasteiger partial charge is 0.151 e. The topological polar surface area (TPSA) is 9.23 Å². The van der Waals surface area contributed by atoms with Crippen molar-refractivity contribution in [2.75, 3.05) is 6.61 Å². The van der Waals surface area contributed by atoms with Crippen LogP contribution in [0.3, 0.4) is 0 Å². The van der Waals surface area contributed by atoms with Gasteiger partial charge in [0.05, 0.1) is 6.61 Å². The number of rotatable bonds is 4. The van der Waals surface area contributed by atoms with Crippen LogP contribution < -0.4 is 9.92 Å². The first-order valence-electron chi connectivity index (χ1n) is 5.22. The third-order valence-electron chi connectivity index (χ3n) is 2.58. The maximum absolute atomic E-state index is 13.4. The van der Waals surface area contributed by atoms with Crippen LogP contribution >= 0.6 is 0 Å². The molecule has 1 nitrogen and oxygen atoms in total. The Balaban J connectivity index is 2.97. The summed E-state index contributed by atoms with van der Waals surface area (Å²) in [5.74, 6) is 0.751. The fourth-order valence-corrected chi connectivity index (χ4v) is 2.96. The third kappa shape index (κ3) is 2.69. The summed E-state index contributed by atoms with van der Waals surface area (Å²) in [6, 6.07) is 7.19. The third-order valence-corrected chi connectivity index (χ3v) is 5.66. The molecule has 1 aromatic rings. The summed E-state index contributed by atoms with van der Waals surface area (Å²) in [4.78, 5) is 0. The molecule has 16 heavy (non-hydrogen) atoms. The Labute approximate surface area is 95.8 Å². The number of hydrogen-bond donors (Lipinski definition) is 0. The molecule has 0 atom stereocenters. The Morgan fingerprint density at radius 3 is 2.31 bits per heavy atom. The highest BCUT2D eigenvalue weighted by molar-refractivity contribution is 6.95. The molecular formula is C12H16F2OSi. The minimum atomic E-state index is -2.46. The van der Waals surface area contributed by atoms with Crippen LogP contribution in [0, 0.1) is 0 Å². The quantitative estimate of drug-likeness (QED) is 0.736. The van der Waals surface area contributed by atoms with Gasteiger partial charge in [-0.1, -0.05) is 30.4 Å². The molecule has 0 N–H and O–H groups in total. The second-order valence-corrected chi connectivity index (χ2v) is 8.34. The van der Waals surface area contributed by atoms with Crippen molar-refractivity contribution in [3.63, 3.8) is 0 Å². The van der Waals surface area contributed by atoms with E-state index in [-0.39, 0.29) is 6.33 Å². The molecule has 0 saturated heterocycles. The zero-order valence-electron chi connectivity index (χ0n) is 9.76. The molecule has 0 bridgehead atoms. The molecule has 1 aromatic carbocycles. The highest BCUT2D eigenvalue weighted by Gasteiger charge is 2.29. The summed E-state index contributed by atoms with van der Waals surface area (Å²) < 4.78 is 30.9. The maximum atomic E-state index is 13.4. The van der Waals surface area contributed by atoms with Crippen molar-refractivity contribution in [3.05, 3.63) is 36.0 Å². The van der Waals surface area contributed by atoms with Gasteiger partial charge in [-0.2, -0.15) is 0 Å². The van der Waals surface area contributed by atoms with Gasteiger partial charge in [0.15, 0.2) is 8.07 Å². The van der Waals surface area contributed by atoms with E-state index in [0.717, 1.165) is 10.9 Å². The molecule has 0 spiro atoms. The number of ether oxygens (including phenoxy) is 1. The Morgan fingerprint density at radius 2 is 1.88 bits per heavy atom. The van der Waals surface area contributed by atoms with Crippen LogP contribution in [0.25, 0.3) is 0 Å². The Kier molecular flexibility index (Phi) is 4.24. The second-order valence-electron chi connectivity index (χ2n) is 4.04. The lowest BCUT2D eigenvalue weighted by Gasteiger charge is -2.20. The zero-order chi connectivity index (χ0) is 12.2. The lowest BCUT2D eigenvalue weighted by molar-refractivity contribution is 0.340. The lowest BCUT2D eigenvalue weighted by Crippen LogP contribution is -2.42. The zero-order valence-corrected chi connectivity index (χ0v) is 10.8. The molecule has 4 heteroatoms. The molecule has 0 fully saturated rings. The van der Waals surface area contributed by atoms with Crippen LogP contribution in [0.1, 0.15) is 6.92 Å². The van der Waals surface area contributed by atoms with E-state index in [4.69, 9.17) is 4.74 Å². The van der Waals surface area contributed by atoms with Crippen molar-refractivity contribution in [3.8, 4) is 5.75 Å². The monoisotopic (exact) mass is 242 g/mol. The molecule has 0 unspecified atom stereocenters. The average Bonchev–Trinajstić information content (AvgIpc) is 2.29. The number of hydrogen-bond acceptors (Lipinski definition) is 1. The van der Waals surface area contributed by atoms with E-state index in [1.54, 1.807) is 37.4 Å². The summed E-state index contributed by atoms with van der Waals surface area (Å²) in [7, 11) is -2.46. The summed E-state index contributed by atoms with van der Waals surface area (Å²) in [5, 5.41) is 0.849. The second kappa shape index (κ2) is 5.25. The average molecular weight is 242 g/mol. The van der Waals surface area contributed by atoms with Gasteiger partial charge in [0, 0.05) is 0 Å². The van der Waals surface area contributed by atoms with Crippen LogP contribution in [-0.4, -0.2) is 14.7 Å². The van der Waals surface area contributed by atoms with Gasteiger partial charge in [0.2, 0.25) is 0 Å². The van der Waals surface area contributed by atoms with Crippen LogP contribution in [0.4, 0.5) is 8.78 Å². The van der Waals surface area contributed by atoms with Gasteiger partial charge in [-0.05, 0) is 19.1 Å². The van der Waals surface area contributed by atoms with Crippen LogP contribution in [0.2, 0.25) is 13.1 Å². The molecule has 1 rings (SSSR count). The van der Waals surface area contributed by atoms with Gasteiger partial charge >= 0.3 is 0 Å². The standard InChI is InChI=1S/C12H16F2OSi/c1-4-15-10-5-7-11(8-6-10)16(2,3)12(14)9-13/h5-9H,4H2,1-3H3. The van der Waals surface area contributed by atoms with Crippen LogP contribution in [-0.2, 0) is 0 Å². The van der Waals surface area contributed by atoms with Gasteiger partial charge in [-0.15, -0.1) is 0 Å². The molecule has 0 radical (unpaired) electrons. The van der Waals surface area contributed by atoms with Gasteiger partial charge in [0.25, 0.3) is 0 Å². The summed E-state index contributed by atoms with van der Waals surface area (Å²) in [6.45, 7) is 6.04. The molecule has 0 aliphatic carbocycles. The molecule has 0 aromatic heterocycles. The molecule has 0 amide bonds. The van der Waals surface area contributed by atoms with Crippen molar-refractivity contribution in [1.29, 1.82) is 0 Å². The van der Waals surface area contributed by atoms with Gasteiger partial charge < -0.3 is 4.74 Å². The predicted molar refractivity (Wildman–Crippen MR) is 65.0 cm³/mol. The molecule has 0 saturated carbocycles. The van der Waals surface area contributed by atoms with Crippen molar-refractivity contribution in [2.45, 2.75) is 20.0 Å². The van der Waals surface area contributed by atoms with E-state index >= 15 is 0 Å². The first kappa shape index (κ1) is 12.9. The summed E-state index contributed by atoms with van der Waals surface area (Å²) >= 11 is 0. The Bertz CT molecular complexity index is 371. The highest BCUT2D eigenvalue weighted by Crippen LogP contribution is 2.18. The van der Waals surface area contributed by atoms with Crippen molar-refractivity contribution < 1.29 is 13.5 Å². The lowest BCUT2D eigenvalue weighted by atomic mass is 10.3. The van der Waals surface area contributed by atoms with Crippen molar-refractivity contribution in [2.24, 2.45) is 0 Å². The van der Waals surface area contributed by atoms with E-state index in [1.807, 2.05) is 6.92 Å². The molecular weight excluding hydrogens is 226 g/mol. The molecule has 0 aliphatic rings.